The number of nitrogens with one attached hydrogen (secondary N) is 2. The second-order valence-corrected chi connectivity index (χ2v) is 2.76. The zero-order chi connectivity index (χ0) is 9.68. The molecule has 0 aliphatic rings. The Labute approximate surface area is 78.8 Å². The fraction of sp³-hybridized carbons (Fsp3) is 0.400. The van der Waals surface area contributed by atoms with Gasteiger partial charge in [-0.2, -0.15) is 0 Å². The summed E-state index contributed by atoms with van der Waals surface area (Å²) in [5.41, 5.74) is 1.73. The SMILES string of the molecule is CCNc1cccc(O)c1NCC. The zero-order valence-corrected chi connectivity index (χ0v) is 8.09. The van der Waals surface area contributed by atoms with Crippen LogP contribution in [0.3, 0.4) is 0 Å². The van der Waals surface area contributed by atoms with Gasteiger partial charge in [-0.3, -0.25) is 0 Å². The van der Waals surface area contributed by atoms with Crippen LogP contribution < -0.4 is 10.6 Å². The first-order chi connectivity index (χ1) is 6.29. The normalized spacial score (nSPS) is 9.69. The van der Waals surface area contributed by atoms with Crippen LogP contribution in [0.25, 0.3) is 0 Å². The molecule has 0 atom stereocenters. The molecule has 3 nitrogen and oxygen atoms in total. The van der Waals surface area contributed by atoms with Crippen LogP contribution in [0.2, 0.25) is 0 Å². The highest BCUT2D eigenvalue weighted by Gasteiger charge is 2.04. The number of aromatic hydroxyl groups is 1. The number of hydrogen-bond donors (Lipinski definition) is 3. The molecule has 0 fully saturated rings. The number of hydrogen-bond acceptors (Lipinski definition) is 3. The maximum absolute atomic E-state index is 9.55. The van der Waals surface area contributed by atoms with Crippen LogP contribution in [0.15, 0.2) is 18.2 Å². The van der Waals surface area contributed by atoms with E-state index < -0.39 is 0 Å². The molecule has 1 rings (SSSR count). The molecule has 1 aromatic rings. The Hall–Kier alpha value is -1.38. The first-order valence-electron chi connectivity index (χ1n) is 4.59. The summed E-state index contributed by atoms with van der Waals surface area (Å²) in [6, 6.07) is 5.45. The Morgan fingerprint density at radius 1 is 1.15 bits per heavy atom. The molecule has 72 valence electrons. The van der Waals surface area contributed by atoms with Gasteiger partial charge in [0.05, 0.1) is 5.69 Å². The zero-order valence-electron chi connectivity index (χ0n) is 8.09. The quantitative estimate of drug-likeness (QED) is 0.623. The van der Waals surface area contributed by atoms with E-state index in [4.69, 9.17) is 0 Å². The van der Waals surface area contributed by atoms with Crippen LogP contribution in [-0.2, 0) is 0 Å². The predicted molar refractivity (Wildman–Crippen MR) is 56.4 cm³/mol. The lowest BCUT2D eigenvalue weighted by molar-refractivity contribution is 0.477. The lowest BCUT2D eigenvalue weighted by atomic mass is 10.2. The largest absolute Gasteiger partial charge is 0.506 e. The van der Waals surface area contributed by atoms with Gasteiger partial charge in [0, 0.05) is 13.1 Å². The molecule has 0 radical (unpaired) electrons. The molecule has 3 heteroatoms. The van der Waals surface area contributed by atoms with Gasteiger partial charge in [-0.1, -0.05) is 6.07 Å². The maximum Gasteiger partial charge on any atom is 0.140 e. The third kappa shape index (κ3) is 2.28. The van der Waals surface area contributed by atoms with E-state index in [1.165, 1.54) is 0 Å². The number of anilines is 2. The van der Waals surface area contributed by atoms with Crippen molar-refractivity contribution in [2.24, 2.45) is 0 Å². The molecule has 0 aliphatic heterocycles. The van der Waals surface area contributed by atoms with Crippen LogP contribution in [0, 0.1) is 0 Å². The van der Waals surface area contributed by atoms with Crippen LogP contribution in [0.4, 0.5) is 11.4 Å². The predicted octanol–water partition coefficient (Wildman–Crippen LogP) is 2.26. The third-order valence-corrected chi connectivity index (χ3v) is 1.76. The molecule has 0 bridgehead atoms. The Morgan fingerprint density at radius 3 is 2.46 bits per heavy atom. The molecule has 0 unspecified atom stereocenters. The highest BCUT2D eigenvalue weighted by atomic mass is 16.3. The van der Waals surface area contributed by atoms with Gasteiger partial charge in [-0.15, -0.1) is 0 Å². The summed E-state index contributed by atoms with van der Waals surface area (Å²) in [7, 11) is 0. The van der Waals surface area contributed by atoms with E-state index in [1.54, 1.807) is 6.07 Å². The molecular formula is C10H16N2O. The summed E-state index contributed by atoms with van der Waals surface area (Å²) in [6.07, 6.45) is 0. The Kier molecular flexibility index (Phi) is 3.43. The number of benzene rings is 1. The van der Waals surface area contributed by atoms with Gasteiger partial charge in [0.1, 0.15) is 11.4 Å². The van der Waals surface area contributed by atoms with Crippen molar-refractivity contribution in [1.82, 2.24) is 0 Å². The summed E-state index contributed by atoms with van der Waals surface area (Å²) >= 11 is 0. The molecule has 0 saturated heterocycles. The Morgan fingerprint density at radius 2 is 1.85 bits per heavy atom. The lowest BCUT2D eigenvalue weighted by Gasteiger charge is -2.12. The minimum Gasteiger partial charge on any atom is -0.506 e. The average molecular weight is 180 g/mol. The molecule has 0 amide bonds. The van der Waals surface area contributed by atoms with E-state index in [1.807, 2.05) is 26.0 Å². The molecule has 3 N–H and O–H groups in total. The van der Waals surface area contributed by atoms with Gasteiger partial charge in [0.25, 0.3) is 0 Å². The molecule has 0 aliphatic carbocycles. The van der Waals surface area contributed by atoms with Crippen molar-refractivity contribution in [3.63, 3.8) is 0 Å². The molecule has 13 heavy (non-hydrogen) atoms. The summed E-state index contributed by atoms with van der Waals surface area (Å²) < 4.78 is 0. The van der Waals surface area contributed by atoms with Gasteiger partial charge in [-0.05, 0) is 26.0 Å². The van der Waals surface area contributed by atoms with Gasteiger partial charge >= 0.3 is 0 Å². The van der Waals surface area contributed by atoms with Crippen molar-refractivity contribution in [2.45, 2.75) is 13.8 Å². The van der Waals surface area contributed by atoms with E-state index in [0.717, 1.165) is 24.5 Å². The Bertz CT molecular complexity index is 274. The molecule has 0 saturated carbocycles. The van der Waals surface area contributed by atoms with Crippen molar-refractivity contribution >= 4 is 11.4 Å². The first kappa shape index (κ1) is 9.71. The summed E-state index contributed by atoms with van der Waals surface area (Å²) in [5, 5.41) is 15.8. The minimum absolute atomic E-state index is 0.292. The summed E-state index contributed by atoms with van der Waals surface area (Å²) in [6.45, 7) is 5.68. The van der Waals surface area contributed by atoms with Crippen LogP contribution >= 0.6 is 0 Å². The van der Waals surface area contributed by atoms with Crippen molar-refractivity contribution in [2.75, 3.05) is 23.7 Å². The van der Waals surface area contributed by atoms with Crippen molar-refractivity contribution in [1.29, 1.82) is 0 Å². The smallest absolute Gasteiger partial charge is 0.140 e. The van der Waals surface area contributed by atoms with E-state index in [9.17, 15) is 5.11 Å². The summed E-state index contributed by atoms with van der Waals surface area (Å²) in [4.78, 5) is 0. The van der Waals surface area contributed by atoms with Gasteiger partial charge in [0.2, 0.25) is 0 Å². The topological polar surface area (TPSA) is 44.3 Å². The first-order valence-corrected chi connectivity index (χ1v) is 4.59. The van der Waals surface area contributed by atoms with Crippen LogP contribution in [-0.4, -0.2) is 18.2 Å². The van der Waals surface area contributed by atoms with Crippen molar-refractivity contribution < 1.29 is 5.11 Å². The van der Waals surface area contributed by atoms with Gasteiger partial charge in [-0.25, -0.2) is 0 Å². The molecule has 0 heterocycles. The highest BCUT2D eigenvalue weighted by molar-refractivity contribution is 5.75. The fourth-order valence-electron chi connectivity index (χ4n) is 1.24. The highest BCUT2D eigenvalue weighted by Crippen LogP contribution is 2.30. The Balaban J connectivity index is 2.95. The van der Waals surface area contributed by atoms with E-state index in [0.29, 0.717) is 5.75 Å². The van der Waals surface area contributed by atoms with Crippen molar-refractivity contribution in [3.05, 3.63) is 18.2 Å². The molecular weight excluding hydrogens is 164 g/mol. The lowest BCUT2D eigenvalue weighted by Crippen LogP contribution is -2.03. The van der Waals surface area contributed by atoms with Crippen LogP contribution in [0.1, 0.15) is 13.8 Å². The monoisotopic (exact) mass is 180 g/mol. The minimum atomic E-state index is 0.292. The number of phenols is 1. The maximum atomic E-state index is 9.55. The number of rotatable bonds is 4. The third-order valence-electron chi connectivity index (χ3n) is 1.76. The standard InChI is InChI=1S/C10H16N2O/c1-3-11-8-6-5-7-9(13)10(8)12-4-2/h5-7,11-13H,3-4H2,1-2H3. The molecule has 0 aromatic heterocycles. The average Bonchev–Trinajstić information content (AvgIpc) is 2.11. The number of phenolic OH excluding ortho intramolecular Hbond substituents is 1. The summed E-state index contributed by atoms with van der Waals surface area (Å²) in [5.74, 6) is 0.292. The van der Waals surface area contributed by atoms with Crippen LogP contribution in [0.5, 0.6) is 5.75 Å². The molecule has 0 spiro atoms. The number of para-hydroxylation sites is 1. The van der Waals surface area contributed by atoms with E-state index >= 15 is 0 Å². The van der Waals surface area contributed by atoms with Crippen molar-refractivity contribution in [3.8, 4) is 5.75 Å². The van der Waals surface area contributed by atoms with Gasteiger partial charge in [0.15, 0.2) is 0 Å². The fourth-order valence-corrected chi connectivity index (χ4v) is 1.24. The van der Waals surface area contributed by atoms with E-state index in [2.05, 4.69) is 10.6 Å². The molecule has 1 aromatic carbocycles. The van der Waals surface area contributed by atoms with E-state index in [-0.39, 0.29) is 0 Å². The second-order valence-electron chi connectivity index (χ2n) is 2.76. The van der Waals surface area contributed by atoms with Gasteiger partial charge < -0.3 is 15.7 Å². The second kappa shape index (κ2) is 4.60.